The van der Waals surface area contributed by atoms with E-state index in [2.05, 4.69) is 177 Å². The molecule has 3 heteroatoms. The van der Waals surface area contributed by atoms with E-state index in [1.165, 1.54) is 16.4 Å². The average Bonchev–Trinajstić information content (AvgIpc) is 2.91. The Labute approximate surface area is 269 Å². The van der Waals surface area contributed by atoms with E-state index in [1.807, 2.05) is 0 Å². The van der Waals surface area contributed by atoms with Crippen LogP contribution in [0, 0.1) is 0 Å². The Morgan fingerprint density at radius 1 is 0.488 bits per heavy atom. The van der Waals surface area contributed by atoms with Crippen LogP contribution < -0.4 is 26.5 Å². The first kappa shape index (κ1) is 36.4. The average molecular weight is 639 g/mol. The van der Waals surface area contributed by atoms with Crippen LogP contribution in [0.2, 0.25) is 0 Å². The monoisotopic (exact) mass is 638 g/mol. The minimum atomic E-state index is -1.88. The molecule has 0 saturated heterocycles. The summed E-state index contributed by atoms with van der Waals surface area (Å²) in [4.78, 5) is 0. The fourth-order valence-electron chi connectivity index (χ4n) is 6.82. The van der Waals surface area contributed by atoms with Crippen molar-refractivity contribution in [2.24, 2.45) is 0 Å². The van der Waals surface area contributed by atoms with Crippen molar-refractivity contribution in [3.8, 4) is 0 Å². The predicted molar refractivity (Wildman–Crippen MR) is 211 cm³/mol. The molecule has 0 bridgehead atoms. The van der Waals surface area contributed by atoms with Crippen LogP contribution in [0.25, 0.3) is 0 Å². The second-order valence-electron chi connectivity index (χ2n) is 16.8. The molecule has 43 heavy (non-hydrogen) atoms. The molecule has 0 spiro atoms. The predicted octanol–water partition coefficient (Wildman–Crippen LogP) is 9.68. The minimum absolute atomic E-state index is 0.117. The molecule has 240 valence electrons. The molecule has 0 unspecified atom stereocenters. The molecule has 0 radical (unpaired) electrons. The van der Waals surface area contributed by atoms with Gasteiger partial charge >= 0.3 is 271 Å². The first-order valence-electron chi connectivity index (χ1n) is 16.8. The first-order chi connectivity index (χ1) is 19.7. The normalized spacial score (nSPS) is 15.1. The Balaban J connectivity index is 2.60. The van der Waals surface area contributed by atoms with Gasteiger partial charge in [-0.3, -0.25) is 0 Å². The summed E-state index contributed by atoms with van der Waals surface area (Å²) in [5.41, 5.74) is 5.80. The van der Waals surface area contributed by atoms with Gasteiger partial charge in [-0.15, -0.1) is 0 Å². The van der Waals surface area contributed by atoms with Crippen molar-refractivity contribution < 1.29 is 0 Å². The van der Waals surface area contributed by atoms with Crippen LogP contribution >= 0.6 is 22.4 Å². The Morgan fingerprint density at radius 2 is 0.814 bits per heavy atom. The van der Waals surface area contributed by atoms with Gasteiger partial charge in [0.05, 0.1) is 0 Å². The Bertz CT molecular complexity index is 1260. The van der Waals surface area contributed by atoms with Gasteiger partial charge in [0.15, 0.2) is 0 Å². The molecule has 0 fully saturated rings. The van der Waals surface area contributed by atoms with Crippen molar-refractivity contribution in [1.29, 1.82) is 0 Å². The summed E-state index contributed by atoms with van der Waals surface area (Å²) in [7, 11) is -4.51. The van der Waals surface area contributed by atoms with Crippen molar-refractivity contribution in [1.82, 2.24) is 0 Å². The number of hydrogen-bond donors (Lipinski definition) is 0. The van der Waals surface area contributed by atoms with E-state index >= 15 is 0 Å². The third kappa shape index (κ3) is 7.19. The SMILES string of the molecule is CC(C)[PH](C)(c1cc(C(C)(C)C)ccc1P(c1ccccc1)c1ccc(C(C)(C)C)cc1[PH](C)(C(C)C)C(C)C)C(C)C. The van der Waals surface area contributed by atoms with Crippen LogP contribution in [0.5, 0.6) is 0 Å². The number of rotatable bonds is 9. The maximum absolute atomic E-state index is 2.68. The van der Waals surface area contributed by atoms with Gasteiger partial charge in [-0.1, -0.05) is 0 Å². The molecule has 0 amide bonds. The van der Waals surface area contributed by atoms with Crippen LogP contribution in [0.4, 0.5) is 0 Å². The molecule has 0 aliphatic rings. The summed E-state index contributed by atoms with van der Waals surface area (Å²) < 4.78 is 0. The Hall–Kier alpha value is -1.05. The third-order valence-electron chi connectivity index (χ3n) is 11.2. The van der Waals surface area contributed by atoms with Gasteiger partial charge in [0.2, 0.25) is 0 Å². The van der Waals surface area contributed by atoms with Crippen LogP contribution in [0.1, 0.15) is 108 Å². The van der Waals surface area contributed by atoms with Crippen LogP contribution in [0.15, 0.2) is 66.7 Å². The molecule has 0 atom stereocenters. The van der Waals surface area contributed by atoms with E-state index in [4.69, 9.17) is 0 Å². The quantitative estimate of drug-likeness (QED) is 0.205. The van der Waals surface area contributed by atoms with E-state index in [0.717, 1.165) is 0 Å². The van der Waals surface area contributed by atoms with Gasteiger partial charge in [0.25, 0.3) is 0 Å². The molecule has 3 aromatic carbocycles. The van der Waals surface area contributed by atoms with Crippen molar-refractivity contribution in [2.75, 3.05) is 13.3 Å². The summed E-state index contributed by atoms with van der Waals surface area (Å²) in [5, 5.41) is 8.10. The summed E-state index contributed by atoms with van der Waals surface area (Å²) in [6, 6.07) is 27.0. The molecule has 3 aromatic rings. The fourth-order valence-corrected chi connectivity index (χ4v) is 18.6. The molecule has 0 aliphatic heterocycles. The second kappa shape index (κ2) is 13.4. The van der Waals surface area contributed by atoms with E-state index in [1.54, 1.807) is 21.2 Å². The molecular formula is C40H65P3. The van der Waals surface area contributed by atoms with Gasteiger partial charge in [-0.05, 0) is 0 Å². The van der Waals surface area contributed by atoms with Crippen molar-refractivity contribution in [3.63, 3.8) is 0 Å². The Kier molecular flexibility index (Phi) is 11.3. The third-order valence-corrected chi connectivity index (χ3v) is 26.9. The van der Waals surface area contributed by atoms with Crippen LogP contribution in [-0.2, 0) is 10.8 Å². The van der Waals surface area contributed by atoms with E-state index < -0.39 is 22.4 Å². The van der Waals surface area contributed by atoms with Crippen molar-refractivity contribution in [3.05, 3.63) is 77.9 Å². The van der Waals surface area contributed by atoms with E-state index in [9.17, 15) is 0 Å². The molecule has 0 nitrogen and oxygen atoms in total. The number of hydrogen-bond acceptors (Lipinski definition) is 0. The Morgan fingerprint density at radius 3 is 1.09 bits per heavy atom. The summed E-state index contributed by atoms with van der Waals surface area (Å²) in [6.07, 6.45) is 0. The zero-order valence-corrected chi connectivity index (χ0v) is 33.5. The van der Waals surface area contributed by atoms with E-state index in [-0.39, 0.29) is 10.8 Å². The van der Waals surface area contributed by atoms with E-state index in [0.29, 0.717) is 22.6 Å². The summed E-state index contributed by atoms with van der Waals surface area (Å²) >= 11 is 0. The van der Waals surface area contributed by atoms with Crippen molar-refractivity contribution in [2.45, 2.75) is 130 Å². The molecule has 0 heterocycles. The number of benzene rings is 3. The molecular weight excluding hydrogens is 573 g/mol. The fraction of sp³-hybridized carbons (Fsp3) is 0.550. The topological polar surface area (TPSA) is 0 Å². The van der Waals surface area contributed by atoms with Gasteiger partial charge in [0, 0.05) is 0 Å². The van der Waals surface area contributed by atoms with Gasteiger partial charge < -0.3 is 0 Å². The summed E-state index contributed by atoms with van der Waals surface area (Å²) in [5.74, 6) is 0. The molecule has 0 N–H and O–H groups in total. The van der Waals surface area contributed by atoms with Crippen molar-refractivity contribution >= 4 is 49.0 Å². The molecule has 0 aliphatic carbocycles. The van der Waals surface area contributed by atoms with Gasteiger partial charge in [0.1, 0.15) is 0 Å². The molecule has 3 rings (SSSR count). The first-order valence-corrected chi connectivity index (χ1v) is 23.5. The van der Waals surface area contributed by atoms with Gasteiger partial charge in [-0.25, -0.2) is 0 Å². The van der Waals surface area contributed by atoms with Gasteiger partial charge in [-0.2, -0.15) is 0 Å². The maximum atomic E-state index is 2.68. The summed E-state index contributed by atoms with van der Waals surface area (Å²) in [6.45, 7) is 39.6. The van der Waals surface area contributed by atoms with Crippen LogP contribution in [-0.4, -0.2) is 36.0 Å². The zero-order chi connectivity index (χ0) is 32.7. The molecule has 0 aromatic heterocycles. The second-order valence-corrected chi connectivity index (χ2v) is 29.8. The zero-order valence-electron chi connectivity index (χ0n) is 30.6. The molecule has 0 saturated carbocycles. The van der Waals surface area contributed by atoms with Crippen LogP contribution in [0.3, 0.4) is 0 Å². The standard InChI is InChI=1S/C40H65P3/c1-28(2)42(15,29(3)4)37-26-32(39(9,10)11)22-24-35(37)41(34-20-18-17-19-21-34)36-25-23-33(40(12,13)14)27-38(36)43(16,30(5)6)31(7)8/h17-31,42-43H,1-16H3.